The van der Waals surface area contributed by atoms with Crippen molar-refractivity contribution < 1.29 is 14.3 Å². The van der Waals surface area contributed by atoms with Crippen LogP contribution < -0.4 is 0 Å². The summed E-state index contributed by atoms with van der Waals surface area (Å²) in [5, 5.41) is 11.2. The standard InChI is InChI=1S/C17H21NO3/c1-2-3-10-17(20)15-9-5-4-8-14(15)16(19)18(17)12-13-7-6-11-21-13/h4,6-8,11,20H,2-3,5,9-10,12H2,1H3. The second-order valence-electron chi connectivity index (χ2n) is 5.72. The van der Waals surface area contributed by atoms with Crippen LogP contribution in [0.3, 0.4) is 0 Å². The fourth-order valence-electron chi connectivity index (χ4n) is 3.23. The molecule has 0 radical (unpaired) electrons. The van der Waals surface area contributed by atoms with Crippen molar-refractivity contribution in [2.75, 3.05) is 0 Å². The lowest BCUT2D eigenvalue weighted by atomic mass is 9.89. The second kappa shape index (κ2) is 5.53. The minimum Gasteiger partial charge on any atom is -0.467 e. The summed E-state index contributed by atoms with van der Waals surface area (Å²) in [6.07, 6.45) is 9.56. The van der Waals surface area contributed by atoms with Crippen LogP contribution in [0.4, 0.5) is 0 Å². The van der Waals surface area contributed by atoms with Gasteiger partial charge in [-0.2, -0.15) is 0 Å². The molecule has 21 heavy (non-hydrogen) atoms. The molecule has 1 aliphatic heterocycles. The second-order valence-corrected chi connectivity index (χ2v) is 5.72. The molecule has 1 aliphatic carbocycles. The van der Waals surface area contributed by atoms with E-state index in [1.54, 1.807) is 17.2 Å². The third-order valence-corrected chi connectivity index (χ3v) is 4.35. The SMILES string of the molecule is CCCCC1(O)C2=C(C=CCC2)C(=O)N1Cc1ccco1. The van der Waals surface area contributed by atoms with E-state index >= 15 is 0 Å². The van der Waals surface area contributed by atoms with Crippen LogP contribution in [0.1, 0.15) is 44.8 Å². The minimum atomic E-state index is -1.15. The lowest BCUT2D eigenvalue weighted by Gasteiger charge is -2.36. The van der Waals surface area contributed by atoms with E-state index in [9.17, 15) is 9.90 Å². The van der Waals surface area contributed by atoms with E-state index in [0.717, 1.165) is 31.3 Å². The van der Waals surface area contributed by atoms with Crippen molar-refractivity contribution in [3.63, 3.8) is 0 Å². The highest BCUT2D eigenvalue weighted by molar-refractivity contribution is 6.01. The summed E-state index contributed by atoms with van der Waals surface area (Å²) in [7, 11) is 0. The maximum Gasteiger partial charge on any atom is 0.256 e. The van der Waals surface area contributed by atoms with E-state index in [2.05, 4.69) is 6.92 Å². The van der Waals surface area contributed by atoms with E-state index in [0.29, 0.717) is 24.3 Å². The first-order valence-electron chi connectivity index (χ1n) is 7.63. The molecule has 1 unspecified atom stereocenters. The van der Waals surface area contributed by atoms with Crippen molar-refractivity contribution in [3.05, 3.63) is 47.5 Å². The number of hydrogen-bond donors (Lipinski definition) is 1. The van der Waals surface area contributed by atoms with Gasteiger partial charge in [-0.25, -0.2) is 0 Å². The molecule has 1 aromatic rings. The Balaban J connectivity index is 1.94. The number of unbranched alkanes of at least 4 members (excludes halogenated alkanes) is 1. The first kappa shape index (κ1) is 14.1. The van der Waals surface area contributed by atoms with E-state index in [1.807, 2.05) is 18.2 Å². The Morgan fingerprint density at radius 2 is 2.33 bits per heavy atom. The van der Waals surface area contributed by atoms with E-state index in [1.165, 1.54) is 0 Å². The largest absolute Gasteiger partial charge is 0.467 e. The summed E-state index contributed by atoms with van der Waals surface area (Å²) in [6, 6.07) is 3.63. The Bertz CT molecular complexity index is 585. The first-order valence-corrected chi connectivity index (χ1v) is 7.63. The van der Waals surface area contributed by atoms with Crippen molar-refractivity contribution in [1.82, 2.24) is 4.90 Å². The lowest BCUT2D eigenvalue weighted by Crippen LogP contribution is -2.47. The summed E-state index contributed by atoms with van der Waals surface area (Å²) in [4.78, 5) is 14.2. The molecule has 0 aromatic carbocycles. The van der Waals surface area contributed by atoms with Crippen LogP contribution in [0.25, 0.3) is 0 Å². The molecule has 3 rings (SSSR count). The molecular formula is C17H21NO3. The number of amides is 1. The maximum absolute atomic E-state index is 12.7. The van der Waals surface area contributed by atoms with Crippen LogP contribution in [0.5, 0.6) is 0 Å². The van der Waals surface area contributed by atoms with Gasteiger partial charge < -0.3 is 9.52 Å². The molecular weight excluding hydrogens is 266 g/mol. The Morgan fingerprint density at radius 1 is 1.48 bits per heavy atom. The zero-order valence-corrected chi connectivity index (χ0v) is 12.3. The van der Waals surface area contributed by atoms with Crippen LogP contribution in [-0.2, 0) is 11.3 Å². The monoisotopic (exact) mass is 287 g/mol. The van der Waals surface area contributed by atoms with E-state index < -0.39 is 5.72 Å². The topological polar surface area (TPSA) is 53.7 Å². The van der Waals surface area contributed by atoms with Crippen LogP contribution in [0.2, 0.25) is 0 Å². The third kappa shape index (κ3) is 2.33. The van der Waals surface area contributed by atoms with Crippen LogP contribution in [0, 0.1) is 0 Å². The molecule has 112 valence electrons. The molecule has 0 spiro atoms. The third-order valence-electron chi connectivity index (χ3n) is 4.35. The van der Waals surface area contributed by atoms with Crippen molar-refractivity contribution in [2.45, 2.75) is 51.3 Å². The van der Waals surface area contributed by atoms with Gasteiger partial charge in [-0.15, -0.1) is 0 Å². The van der Waals surface area contributed by atoms with Gasteiger partial charge in [-0.05, 0) is 43.4 Å². The summed E-state index contributed by atoms with van der Waals surface area (Å²) < 4.78 is 5.35. The van der Waals surface area contributed by atoms with E-state index in [4.69, 9.17) is 4.42 Å². The average molecular weight is 287 g/mol. The van der Waals surface area contributed by atoms with Gasteiger partial charge in [-0.3, -0.25) is 9.69 Å². The molecule has 1 amide bonds. The van der Waals surface area contributed by atoms with Crippen LogP contribution in [-0.4, -0.2) is 21.6 Å². The van der Waals surface area contributed by atoms with Gasteiger partial charge >= 0.3 is 0 Å². The summed E-state index contributed by atoms with van der Waals surface area (Å²) in [6.45, 7) is 2.40. The summed E-state index contributed by atoms with van der Waals surface area (Å²) in [5.41, 5.74) is 0.404. The molecule has 1 aromatic heterocycles. The fraction of sp³-hybridized carbons (Fsp3) is 0.471. The Morgan fingerprint density at radius 3 is 3.05 bits per heavy atom. The van der Waals surface area contributed by atoms with Crippen LogP contribution >= 0.6 is 0 Å². The van der Waals surface area contributed by atoms with E-state index in [-0.39, 0.29) is 5.91 Å². The molecule has 0 bridgehead atoms. The predicted octanol–water partition coefficient (Wildman–Crippen LogP) is 3.15. The number of hydrogen-bond acceptors (Lipinski definition) is 3. The van der Waals surface area contributed by atoms with Gasteiger partial charge in [0.1, 0.15) is 5.76 Å². The van der Waals surface area contributed by atoms with Gasteiger partial charge in [0.15, 0.2) is 5.72 Å². The Labute approximate surface area is 124 Å². The minimum absolute atomic E-state index is 0.0871. The number of furan rings is 1. The zero-order chi connectivity index (χ0) is 14.9. The highest BCUT2D eigenvalue weighted by Crippen LogP contribution is 2.43. The molecule has 2 heterocycles. The molecule has 4 heteroatoms. The number of nitrogens with zero attached hydrogens (tertiary/aromatic N) is 1. The Hall–Kier alpha value is -1.81. The predicted molar refractivity (Wildman–Crippen MR) is 79.1 cm³/mol. The zero-order valence-electron chi connectivity index (χ0n) is 12.3. The number of aliphatic hydroxyl groups is 1. The van der Waals surface area contributed by atoms with Crippen molar-refractivity contribution in [1.29, 1.82) is 0 Å². The normalized spacial score (nSPS) is 24.9. The van der Waals surface area contributed by atoms with Gasteiger partial charge in [0, 0.05) is 5.57 Å². The number of allylic oxidation sites excluding steroid dienone is 1. The highest BCUT2D eigenvalue weighted by Gasteiger charge is 2.49. The number of rotatable bonds is 5. The van der Waals surface area contributed by atoms with Crippen molar-refractivity contribution >= 4 is 5.91 Å². The molecule has 1 atom stereocenters. The average Bonchev–Trinajstić information content (AvgIpc) is 3.08. The molecule has 1 N–H and O–H groups in total. The molecule has 0 saturated carbocycles. The van der Waals surface area contributed by atoms with Crippen molar-refractivity contribution in [2.24, 2.45) is 0 Å². The first-order chi connectivity index (χ1) is 10.2. The van der Waals surface area contributed by atoms with Crippen LogP contribution in [0.15, 0.2) is 46.1 Å². The van der Waals surface area contributed by atoms with Gasteiger partial charge in [-0.1, -0.05) is 25.5 Å². The van der Waals surface area contributed by atoms with Gasteiger partial charge in [0.05, 0.1) is 12.8 Å². The molecule has 0 saturated heterocycles. The van der Waals surface area contributed by atoms with Gasteiger partial charge in [0.2, 0.25) is 0 Å². The van der Waals surface area contributed by atoms with Gasteiger partial charge in [0.25, 0.3) is 5.91 Å². The Kier molecular flexibility index (Phi) is 3.72. The fourth-order valence-corrected chi connectivity index (χ4v) is 3.23. The number of carbonyl (C=O) groups is 1. The summed E-state index contributed by atoms with van der Waals surface area (Å²) in [5.74, 6) is 0.609. The van der Waals surface area contributed by atoms with Crippen molar-refractivity contribution in [3.8, 4) is 0 Å². The molecule has 4 nitrogen and oxygen atoms in total. The smallest absolute Gasteiger partial charge is 0.256 e. The molecule has 2 aliphatic rings. The summed E-state index contributed by atoms with van der Waals surface area (Å²) >= 11 is 0. The lowest BCUT2D eigenvalue weighted by molar-refractivity contribution is -0.146. The quantitative estimate of drug-likeness (QED) is 0.905. The maximum atomic E-state index is 12.7. The molecule has 0 fully saturated rings. The highest BCUT2D eigenvalue weighted by atomic mass is 16.3. The number of carbonyl (C=O) groups excluding carboxylic acids is 1.